The number of hydrogen-bond donors (Lipinski definition) is 1. The molecule has 0 saturated carbocycles. The molecule has 1 unspecified atom stereocenters. The van der Waals surface area contributed by atoms with Gasteiger partial charge in [-0.05, 0) is 36.9 Å². The van der Waals surface area contributed by atoms with Gasteiger partial charge in [0.2, 0.25) is 0 Å². The average Bonchev–Trinajstić information content (AvgIpc) is 2.32. The summed E-state index contributed by atoms with van der Waals surface area (Å²) in [7, 11) is 0. The minimum Gasteiger partial charge on any atom is -0.386 e. The highest BCUT2D eigenvalue weighted by Crippen LogP contribution is 2.44. The Morgan fingerprint density at radius 1 is 1.62 bits per heavy atom. The summed E-state index contributed by atoms with van der Waals surface area (Å²) < 4.78 is 0. The molecule has 0 aliphatic heterocycles. The first-order valence-electron chi connectivity index (χ1n) is 4.95. The zero-order valence-electron chi connectivity index (χ0n) is 8.84. The van der Waals surface area contributed by atoms with Crippen molar-refractivity contribution in [2.24, 2.45) is 11.3 Å². The first-order valence-corrected chi connectivity index (χ1v) is 6.10. The van der Waals surface area contributed by atoms with Crippen molar-refractivity contribution in [3.8, 4) is 0 Å². The molecule has 2 heteroatoms. The minimum absolute atomic E-state index is 0.263. The van der Waals surface area contributed by atoms with Gasteiger partial charge >= 0.3 is 0 Å². The van der Waals surface area contributed by atoms with E-state index in [0.29, 0.717) is 5.41 Å². The molecule has 0 bridgehead atoms. The average molecular weight is 200 g/mol. The molecule has 1 aliphatic rings. The minimum atomic E-state index is 0.263. The van der Waals surface area contributed by atoms with Crippen LogP contribution < -0.4 is 0 Å². The van der Waals surface area contributed by atoms with Gasteiger partial charge in [0, 0.05) is 0 Å². The number of hydrogen-bond acceptors (Lipinski definition) is 2. The molecule has 0 spiro atoms. The summed E-state index contributed by atoms with van der Waals surface area (Å²) in [6, 6.07) is 0. The normalized spacial score (nSPS) is 26.2. The molecule has 13 heavy (non-hydrogen) atoms. The third-order valence-electron chi connectivity index (χ3n) is 3.45. The Kier molecular flexibility index (Phi) is 3.87. The van der Waals surface area contributed by atoms with E-state index in [2.05, 4.69) is 26.8 Å². The van der Waals surface area contributed by atoms with Crippen LogP contribution in [0.25, 0.3) is 0 Å². The van der Waals surface area contributed by atoms with Crippen LogP contribution in [0.2, 0.25) is 0 Å². The second kappa shape index (κ2) is 4.52. The van der Waals surface area contributed by atoms with Gasteiger partial charge in [0.05, 0.1) is 5.94 Å². The molecule has 1 rings (SSSR count). The number of thioether (sulfide) groups is 1. The largest absolute Gasteiger partial charge is 0.386 e. The van der Waals surface area contributed by atoms with Crippen molar-refractivity contribution < 1.29 is 5.11 Å². The van der Waals surface area contributed by atoms with E-state index < -0.39 is 0 Å². The maximum absolute atomic E-state index is 8.67. The van der Waals surface area contributed by atoms with E-state index in [-0.39, 0.29) is 5.94 Å². The summed E-state index contributed by atoms with van der Waals surface area (Å²) in [5.74, 6) is 2.14. The fourth-order valence-corrected chi connectivity index (χ4v) is 2.55. The Morgan fingerprint density at radius 3 is 2.77 bits per heavy atom. The molecule has 0 radical (unpaired) electrons. The molecule has 1 atom stereocenters. The maximum atomic E-state index is 8.67. The lowest BCUT2D eigenvalue weighted by atomic mass is 9.76. The predicted octanol–water partition coefficient (Wildman–Crippen LogP) is 3.05. The van der Waals surface area contributed by atoms with Gasteiger partial charge in [-0.2, -0.15) is 0 Å². The van der Waals surface area contributed by atoms with Gasteiger partial charge in [0.1, 0.15) is 0 Å². The number of aliphatic hydroxyl groups is 1. The van der Waals surface area contributed by atoms with Crippen molar-refractivity contribution in [1.82, 2.24) is 0 Å². The lowest BCUT2D eigenvalue weighted by Gasteiger charge is -2.29. The van der Waals surface area contributed by atoms with Gasteiger partial charge in [0.15, 0.2) is 0 Å². The van der Waals surface area contributed by atoms with E-state index in [9.17, 15) is 0 Å². The van der Waals surface area contributed by atoms with Crippen molar-refractivity contribution >= 4 is 11.8 Å². The fourth-order valence-electron chi connectivity index (χ4n) is 1.97. The Bertz CT molecular complexity index is 196. The molecule has 0 heterocycles. The Morgan fingerprint density at radius 2 is 2.31 bits per heavy atom. The monoisotopic (exact) mass is 200 g/mol. The van der Waals surface area contributed by atoms with Crippen molar-refractivity contribution in [2.75, 3.05) is 11.7 Å². The lowest BCUT2D eigenvalue weighted by molar-refractivity contribution is 0.285. The SMILES string of the molecule is CC1=CCC(CCSCO)C1(C)C. The van der Waals surface area contributed by atoms with E-state index in [1.807, 2.05) is 0 Å². The van der Waals surface area contributed by atoms with Crippen LogP contribution in [-0.4, -0.2) is 16.8 Å². The molecule has 0 fully saturated rings. The maximum Gasteiger partial charge on any atom is 0.0885 e. The highest BCUT2D eigenvalue weighted by atomic mass is 32.2. The number of allylic oxidation sites excluding steroid dienone is 2. The predicted molar refractivity (Wildman–Crippen MR) is 59.8 cm³/mol. The van der Waals surface area contributed by atoms with E-state index in [1.54, 1.807) is 11.8 Å². The van der Waals surface area contributed by atoms with Gasteiger partial charge in [-0.3, -0.25) is 0 Å². The van der Waals surface area contributed by atoms with Crippen LogP contribution in [0.4, 0.5) is 0 Å². The number of aliphatic hydroxyl groups excluding tert-OH is 1. The second-order valence-electron chi connectivity index (χ2n) is 4.37. The van der Waals surface area contributed by atoms with Crippen molar-refractivity contribution in [3.63, 3.8) is 0 Å². The lowest BCUT2D eigenvalue weighted by Crippen LogP contribution is -2.20. The third-order valence-corrected chi connectivity index (χ3v) is 4.15. The highest BCUT2D eigenvalue weighted by molar-refractivity contribution is 7.99. The molecule has 1 N–H and O–H groups in total. The van der Waals surface area contributed by atoms with Crippen LogP contribution in [0, 0.1) is 11.3 Å². The van der Waals surface area contributed by atoms with Crippen LogP contribution in [-0.2, 0) is 0 Å². The summed E-state index contributed by atoms with van der Waals surface area (Å²) in [5, 5.41) is 8.67. The molecule has 0 aromatic rings. The van der Waals surface area contributed by atoms with Gasteiger partial charge in [0.25, 0.3) is 0 Å². The molecular weight excluding hydrogens is 180 g/mol. The summed E-state index contributed by atoms with van der Waals surface area (Å²) in [6.45, 7) is 6.90. The standard InChI is InChI=1S/C11H20OS/c1-9-4-5-10(11(9,2)3)6-7-13-8-12/h4,10,12H,5-8H2,1-3H3. The van der Waals surface area contributed by atoms with Gasteiger partial charge in [-0.1, -0.05) is 25.5 Å². The smallest absolute Gasteiger partial charge is 0.0885 e. The van der Waals surface area contributed by atoms with Gasteiger partial charge < -0.3 is 5.11 Å². The molecule has 0 saturated heterocycles. The highest BCUT2D eigenvalue weighted by Gasteiger charge is 2.33. The molecule has 1 nitrogen and oxygen atoms in total. The second-order valence-corrected chi connectivity index (χ2v) is 5.44. The van der Waals surface area contributed by atoms with Crippen molar-refractivity contribution in [3.05, 3.63) is 11.6 Å². The third kappa shape index (κ3) is 2.50. The molecule has 0 aromatic heterocycles. The molecule has 0 amide bonds. The first kappa shape index (κ1) is 11.1. The van der Waals surface area contributed by atoms with Crippen LogP contribution in [0.5, 0.6) is 0 Å². The Hall–Kier alpha value is 0.0500. The van der Waals surface area contributed by atoms with Crippen LogP contribution in [0.3, 0.4) is 0 Å². The molecule has 1 aliphatic carbocycles. The van der Waals surface area contributed by atoms with Gasteiger partial charge in [-0.15, -0.1) is 11.8 Å². The van der Waals surface area contributed by atoms with E-state index in [1.165, 1.54) is 18.4 Å². The summed E-state index contributed by atoms with van der Waals surface area (Å²) in [6.07, 6.45) is 4.82. The van der Waals surface area contributed by atoms with E-state index >= 15 is 0 Å². The van der Waals surface area contributed by atoms with Crippen molar-refractivity contribution in [2.45, 2.75) is 33.6 Å². The fraction of sp³-hybridized carbons (Fsp3) is 0.818. The summed E-state index contributed by atoms with van der Waals surface area (Å²) >= 11 is 1.63. The topological polar surface area (TPSA) is 20.2 Å². The van der Waals surface area contributed by atoms with E-state index in [4.69, 9.17) is 5.11 Å². The zero-order chi connectivity index (χ0) is 9.90. The van der Waals surface area contributed by atoms with E-state index in [0.717, 1.165) is 11.7 Å². The first-order chi connectivity index (χ1) is 6.09. The summed E-state index contributed by atoms with van der Waals surface area (Å²) in [4.78, 5) is 0. The molecule has 0 aromatic carbocycles. The summed E-state index contributed by atoms with van der Waals surface area (Å²) in [5.41, 5.74) is 1.92. The van der Waals surface area contributed by atoms with Gasteiger partial charge in [-0.25, -0.2) is 0 Å². The zero-order valence-corrected chi connectivity index (χ0v) is 9.66. The Labute approximate surface area is 85.6 Å². The van der Waals surface area contributed by atoms with Crippen molar-refractivity contribution in [1.29, 1.82) is 0 Å². The van der Waals surface area contributed by atoms with Crippen LogP contribution in [0.15, 0.2) is 11.6 Å². The van der Waals surface area contributed by atoms with Crippen LogP contribution >= 0.6 is 11.8 Å². The van der Waals surface area contributed by atoms with Crippen LogP contribution in [0.1, 0.15) is 33.6 Å². The Balaban J connectivity index is 2.38. The molecular formula is C11H20OS. The quantitative estimate of drug-likeness (QED) is 0.427. The number of rotatable bonds is 4. The molecule has 76 valence electrons.